The van der Waals surface area contributed by atoms with Crippen molar-refractivity contribution in [2.75, 3.05) is 30.9 Å². The number of carbonyl (C=O) groups excluding carboxylic acids is 2. The summed E-state index contributed by atoms with van der Waals surface area (Å²) in [7, 11) is 2.97. The van der Waals surface area contributed by atoms with Crippen LogP contribution in [-0.4, -0.2) is 53.6 Å². The number of nitro benzene ring substituents is 1. The number of nitrogens with one attached hydrogen (secondary N) is 1. The molecule has 2 aromatic rings. The average Bonchev–Trinajstić information content (AvgIpc) is 2.68. The third kappa shape index (κ3) is 5.37. The lowest BCUT2D eigenvalue weighted by atomic mass is 10.2. The van der Waals surface area contributed by atoms with E-state index in [1.54, 1.807) is 13.1 Å². The highest BCUT2D eigenvalue weighted by Gasteiger charge is 2.23. The Kier molecular flexibility index (Phi) is 6.79. The normalized spacial score (nSPS) is 11.2. The number of benzene rings is 1. The van der Waals surface area contributed by atoms with E-state index < -0.39 is 22.9 Å². The zero-order chi connectivity index (χ0) is 20.7. The summed E-state index contributed by atoms with van der Waals surface area (Å²) in [6.07, 6.45) is 1.89. The smallest absolute Gasteiger partial charge is 0.326 e. The highest BCUT2D eigenvalue weighted by Crippen LogP contribution is 2.29. The van der Waals surface area contributed by atoms with Gasteiger partial charge in [-0.15, -0.1) is 0 Å². The number of methoxy groups -OCH3 is 1. The van der Waals surface area contributed by atoms with Crippen molar-refractivity contribution in [2.45, 2.75) is 13.0 Å². The fraction of sp³-hybridized carbons (Fsp3) is 0.294. The molecule has 11 nitrogen and oxygen atoms in total. The van der Waals surface area contributed by atoms with Gasteiger partial charge in [-0.3, -0.25) is 19.7 Å². The van der Waals surface area contributed by atoms with Gasteiger partial charge in [0.2, 0.25) is 5.95 Å². The van der Waals surface area contributed by atoms with Crippen molar-refractivity contribution >= 4 is 29.2 Å². The van der Waals surface area contributed by atoms with Crippen LogP contribution < -0.4 is 15.0 Å². The first kappa shape index (κ1) is 20.6. The summed E-state index contributed by atoms with van der Waals surface area (Å²) in [4.78, 5) is 44.3. The molecule has 2 rings (SSSR count). The molecule has 1 aromatic heterocycles. The Morgan fingerprint density at radius 3 is 2.61 bits per heavy atom. The molecule has 0 aliphatic heterocycles. The second-order valence-corrected chi connectivity index (χ2v) is 5.67. The maximum atomic E-state index is 12.3. The third-order valence-corrected chi connectivity index (χ3v) is 3.60. The molecule has 1 atom stereocenters. The predicted octanol–water partition coefficient (Wildman–Crippen LogP) is 1.40. The number of aromatic nitrogens is 2. The van der Waals surface area contributed by atoms with Gasteiger partial charge < -0.3 is 19.7 Å². The summed E-state index contributed by atoms with van der Waals surface area (Å²) in [5.41, 5.74) is -0.374. The van der Waals surface area contributed by atoms with Gasteiger partial charge in [0, 0.05) is 19.4 Å². The Morgan fingerprint density at radius 2 is 2.00 bits per heavy atom. The Bertz CT molecular complexity index is 860. The Morgan fingerprint density at radius 1 is 1.32 bits per heavy atom. The zero-order valence-corrected chi connectivity index (χ0v) is 15.5. The Hall–Kier alpha value is -3.76. The van der Waals surface area contributed by atoms with Crippen LogP contribution in [0.2, 0.25) is 0 Å². The van der Waals surface area contributed by atoms with Gasteiger partial charge in [0.25, 0.3) is 11.6 Å². The van der Waals surface area contributed by atoms with Crippen molar-refractivity contribution in [2.24, 2.45) is 0 Å². The second kappa shape index (κ2) is 9.26. The number of nitrogens with zero attached hydrogens (tertiary/aromatic N) is 4. The van der Waals surface area contributed by atoms with E-state index in [4.69, 9.17) is 9.47 Å². The molecule has 0 saturated carbocycles. The van der Waals surface area contributed by atoms with Crippen molar-refractivity contribution in [3.8, 4) is 5.75 Å². The van der Waals surface area contributed by atoms with E-state index in [2.05, 4.69) is 15.3 Å². The number of hydrogen-bond acceptors (Lipinski definition) is 9. The van der Waals surface area contributed by atoms with E-state index in [0.29, 0.717) is 5.95 Å². The molecule has 0 spiro atoms. The summed E-state index contributed by atoms with van der Waals surface area (Å²) in [5, 5.41) is 13.6. The van der Waals surface area contributed by atoms with Crippen LogP contribution in [0.5, 0.6) is 5.75 Å². The van der Waals surface area contributed by atoms with Crippen LogP contribution in [0.3, 0.4) is 0 Å². The Labute approximate surface area is 160 Å². The van der Waals surface area contributed by atoms with Crippen molar-refractivity contribution in [1.82, 2.24) is 9.97 Å². The number of rotatable bonds is 8. The van der Waals surface area contributed by atoms with Gasteiger partial charge in [0.15, 0.2) is 6.10 Å². The topological polar surface area (TPSA) is 137 Å². The lowest BCUT2D eigenvalue weighted by molar-refractivity contribution is -0.384. The Balaban J connectivity index is 1.97. The summed E-state index contributed by atoms with van der Waals surface area (Å²) in [5.74, 6) is -0.789. The van der Waals surface area contributed by atoms with E-state index in [0.717, 1.165) is 0 Å². The molecule has 1 unspecified atom stereocenters. The highest BCUT2D eigenvalue weighted by molar-refractivity contribution is 5.97. The van der Waals surface area contributed by atoms with Crippen LogP contribution in [0.1, 0.15) is 6.92 Å². The molecule has 28 heavy (non-hydrogen) atoms. The van der Waals surface area contributed by atoms with Crippen LogP contribution in [0.15, 0.2) is 36.7 Å². The maximum absolute atomic E-state index is 12.3. The standard InChI is InChI=1S/C17H19N5O6/c1-11(28-15(23)10-21(2)17-18-7-4-8-19-17)16(24)20-13-6-5-12(27-3)9-14(13)22(25)26/h4-9,11H,10H2,1-3H3,(H,20,24). The number of nitro groups is 1. The molecule has 1 heterocycles. The molecule has 0 bridgehead atoms. The number of anilines is 2. The molecule has 11 heteroatoms. The van der Waals surface area contributed by atoms with Crippen molar-refractivity contribution in [3.63, 3.8) is 0 Å². The third-order valence-electron chi connectivity index (χ3n) is 3.60. The zero-order valence-electron chi connectivity index (χ0n) is 15.5. The summed E-state index contributed by atoms with van der Waals surface area (Å²) in [6.45, 7) is 1.19. The SMILES string of the molecule is COc1ccc(NC(=O)C(C)OC(=O)CN(C)c2ncccn2)c([N+](=O)[O-])c1. The predicted molar refractivity (Wildman–Crippen MR) is 99.1 cm³/mol. The fourth-order valence-corrected chi connectivity index (χ4v) is 2.17. The van der Waals surface area contributed by atoms with E-state index in [9.17, 15) is 19.7 Å². The van der Waals surface area contributed by atoms with E-state index in [-0.39, 0.29) is 23.7 Å². The molecule has 148 valence electrons. The van der Waals surface area contributed by atoms with Gasteiger partial charge in [0.1, 0.15) is 18.0 Å². The van der Waals surface area contributed by atoms with Crippen LogP contribution >= 0.6 is 0 Å². The number of carbonyl (C=O) groups is 2. The largest absolute Gasteiger partial charge is 0.496 e. The second-order valence-electron chi connectivity index (χ2n) is 5.67. The maximum Gasteiger partial charge on any atom is 0.326 e. The average molecular weight is 389 g/mol. The molecule has 0 aliphatic carbocycles. The van der Waals surface area contributed by atoms with Crippen LogP contribution in [0.25, 0.3) is 0 Å². The lowest BCUT2D eigenvalue weighted by Gasteiger charge is -2.18. The molecule has 1 amide bonds. The number of amides is 1. The minimum Gasteiger partial charge on any atom is -0.496 e. The molecule has 0 fully saturated rings. The first-order valence-corrected chi connectivity index (χ1v) is 8.12. The minimum atomic E-state index is -1.17. The van der Waals surface area contributed by atoms with Crippen molar-refractivity contribution in [3.05, 3.63) is 46.8 Å². The highest BCUT2D eigenvalue weighted by atomic mass is 16.6. The summed E-state index contributed by atoms with van der Waals surface area (Å²) in [6, 6.07) is 5.62. The van der Waals surface area contributed by atoms with Crippen molar-refractivity contribution < 1.29 is 24.0 Å². The summed E-state index contributed by atoms with van der Waals surface area (Å²) >= 11 is 0. The van der Waals surface area contributed by atoms with Crippen molar-refractivity contribution in [1.29, 1.82) is 0 Å². The van der Waals surface area contributed by atoms with Gasteiger partial charge in [-0.25, -0.2) is 9.97 Å². The van der Waals surface area contributed by atoms with Crippen LogP contribution in [0, 0.1) is 10.1 Å². The van der Waals surface area contributed by atoms with E-state index in [1.165, 1.54) is 49.5 Å². The molecule has 0 saturated heterocycles. The molecular formula is C17H19N5O6. The van der Waals surface area contributed by atoms with Gasteiger partial charge in [-0.2, -0.15) is 0 Å². The molecule has 0 aliphatic rings. The summed E-state index contributed by atoms with van der Waals surface area (Å²) < 4.78 is 10.0. The first-order valence-electron chi connectivity index (χ1n) is 8.12. The van der Waals surface area contributed by atoms with Gasteiger partial charge in [-0.05, 0) is 25.1 Å². The number of hydrogen-bond donors (Lipinski definition) is 1. The quantitative estimate of drug-likeness (QED) is 0.403. The van der Waals surface area contributed by atoms with E-state index in [1.807, 2.05) is 0 Å². The van der Waals surface area contributed by atoms with Gasteiger partial charge >= 0.3 is 5.97 Å². The number of ether oxygens (including phenoxy) is 2. The lowest BCUT2D eigenvalue weighted by Crippen LogP contribution is -2.35. The number of esters is 1. The molecule has 1 N–H and O–H groups in total. The monoisotopic (exact) mass is 389 g/mol. The van der Waals surface area contributed by atoms with Crippen LogP contribution in [-0.2, 0) is 14.3 Å². The fourth-order valence-electron chi connectivity index (χ4n) is 2.17. The van der Waals surface area contributed by atoms with E-state index >= 15 is 0 Å². The molecule has 0 radical (unpaired) electrons. The van der Waals surface area contributed by atoms with Gasteiger partial charge in [-0.1, -0.05) is 0 Å². The van der Waals surface area contributed by atoms with Gasteiger partial charge in [0.05, 0.1) is 18.1 Å². The van der Waals surface area contributed by atoms with Crippen LogP contribution in [0.4, 0.5) is 17.3 Å². The number of likely N-dealkylation sites (N-methyl/N-ethyl adjacent to an activating group) is 1. The first-order chi connectivity index (χ1) is 13.3. The minimum absolute atomic E-state index is 0.0338. The molecular weight excluding hydrogens is 370 g/mol. The molecule has 1 aromatic carbocycles.